The maximum Gasteiger partial charge on any atom is 0.417 e. The highest BCUT2D eigenvalue weighted by Crippen LogP contribution is 2.30. The minimum absolute atomic E-state index is 0.108. The summed E-state index contributed by atoms with van der Waals surface area (Å²) in [6.45, 7) is 9.33. The van der Waals surface area contributed by atoms with E-state index in [1.807, 2.05) is 19.1 Å². The molecule has 2 heterocycles. The fourth-order valence-electron chi connectivity index (χ4n) is 3.37. The first-order chi connectivity index (χ1) is 16.9. The molecule has 3 rings (SSSR count). The lowest BCUT2D eigenvalue weighted by molar-refractivity contribution is -0.137. The first kappa shape index (κ1) is 28.8. The van der Waals surface area contributed by atoms with Crippen LogP contribution in [-0.4, -0.2) is 27.2 Å². The molecule has 2 aromatic heterocycles. The second-order valence-electron chi connectivity index (χ2n) is 8.49. The van der Waals surface area contributed by atoms with Gasteiger partial charge in [-0.1, -0.05) is 30.3 Å². The summed E-state index contributed by atoms with van der Waals surface area (Å²) in [7, 11) is 0. The molecule has 2 unspecified atom stereocenters. The Labute approximate surface area is 214 Å². The van der Waals surface area contributed by atoms with Crippen LogP contribution in [-0.2, 0) is 12.6 Å². The molecule has 0 saturated heterocycles. The van der Waals surface area contributed by atoms with Crippen molar-refractivity contribution < 1.29 is 18.3 Å². The Kier molecular flexibility index (Phi) is 10.5. The van der Waals surface area contributed by atoms with Crippen molar-refractivity contribution in [1.82, 2.24) is 15.3 Å². The Hall–Kier alpha value is -3.41. The van der Waals surface area contributed by atoms with Crippen molar-refractivity contribution in [3.05, 3.63) is 101 Å². The minimum atomic E-state index is -4.45. The standard InChI is InChI=1S/C24H20ClF3N4.C3H8O/c1-15(32-16(2)23-8-5-20(14-31-23)24(26,27)28)22(10-17-3-6-21(25)7-4-17)19-9-18(11-29)12-30-13-19;1-3(2)4/h3-9,12-15,22,32H,2,10H2,1H3;3-4H,1-2H3. The van der Waals surface area contributed by atoms with Crippen molar-refractivity contribution >= 4 is 17.3 Å². The first-order valence-corrected chi connectivity index (χ1v) is 11.5. The van der Waals surface area contributed by atoms with Crippen LogP contribution in [0, 0.1) is 11.3 Å². The van der Waals surface area contributed by atoms with Gasteiger partial charge in [0, 0.05) is 41.7 Å². The quantitative estimate of drug-likeness (QED) is 0.380. The molecule has 2 N–H and O–H groups in total. The van der Waals surface area contributed by atoms with E-state index in [2.05, 4.69) is 27.9 Å². The van der Waals surface area contributed by atoms with Gasteiger partial charge in [0.15, 0.2) is 0 Å². The summed E-state index contributed by atoms with van der Waals surface area (Å²) in [6.07, 6.45) is -0.00522. The summed E-state index contributed by atoms with van der Waals surface area (Å²) in [5.74, 6) is -0.108. The van der Waals surface area contributed by atoms with Crippen molar-refractivity contribution in [1.29, 1.82) is 5.26 Å². The SMILES string of the molecule is C=C(NC(C)C(Cc1ccc(Cl)cc1)c1cncc(C#N)c1)c1ccc(C(F)(F)F)cn1.CC(C)O. The lowest BCUT2D eigenvalue weighted by atomic mass is 9.86. The smallest absolute Gasteiger partial charge is 0.394 e. The zero-order valence-electron chi connectivity index (χ0n) is 20.2. The Bertz CT molecular complexity index is 1170. The number of benzene rings is 1. The molecule has 0 amide bonds. The fraction of sp³-hybridized carbons (Fsp3) is 0.296. The number of hydrogen-bond acceptors (Lipinski definition) is 5. The molecule has 9 heteroatoms. The van der Waals surface area contributed by atoms with Gasteiger partial charge in [0.1, 0.15) is 6.07 Å². The Morgan fingerprint density at radius 2 is 1.75 bits per heavy atom. The fourth-order valence-corrected chi connectivity index (χ4v) is 3.49. The molecule has 36 heavy (non-hydrogen) atoms. The molecular weight excluding hydrogens is 489 g/mol. The molecule has 0 bridgehead atoms. The van der Waals surface area contributed by atoms with Gasteiger partial charge >= 0.3 is 6.18 Å². The summed E-state index contributed by atoms with van der Waals surface area (Å²) in [5, 5.41) is 21.2. The molecule has 0 saturated carbocycles. The molecule has 0 radical (unpaired) electrons. The number of hydrogen-bond donors (Lipinski definition) is 2. The van der Waals surface area contributed by atoms with E-state index >= 15 is 0 Å². The second-order valence-corrected chi connectivity index (χ2v) is 8.93. The summed E-state index contributed by atoms with van der Waals surface area (Å²) in [6, 6.07) is 13.4. The molecule has 0 spiro atoms. The van der Waals surface area contributed by atoms with Gasteiger partial charge < -0.3 is 10.4 Å². The van der Waals surface area contributed by atoms with Crippen molar-refractivity contribution in [2.75, 3.05) is 0 Å². The Morgan fingerprint density at radius 1 is 1.11 bits per heavy atom. The summed E-state index contributed by atoms with van der Waals surface area (Å²) < 4.78 is 38.4. The highest BCUT2D eigenvalue weighted by atomic mass is 35.5. The monoisotopic (exact) mass is 516 g/mol. The minimum Gasteiger partial charge on any atom is -0.394 e. The summed E-state index contributed by atoms with van der Waals surface area (Å²) in [5.41, 5.74) is 2.23. The Balaban J connectivity index is 0.00000106. The van der Waals surface area contributed by atoms with E-state index in [1.165, 1.54) is 12.3 Å². The van der Waals surface area contributed by atoms with E-state index in [0.29, 0.717) is 28.4 Å². The number of halogens is 4. The largest absolute Gasteiger partial charge is 0.417 e. The molecule has 0 aliphatic rings. The van der Waals surface area contributed by atoms with Crippen LogP contribution in [0.3, 0.4) is 0 Å². The predicted octanol–water partition coefficient (Wildman–Crippen LogP) is 6.38. The molecule has 0 fully saturated rings. The number of aliphatic hydroxyl groups is 1. The highest BCUT2D eigenvalue weighted by Gasteiger charge is 2.31. The average Bonchev–Trinajstić information content (AvgIpc) is 2.82. The normalized spacial score (nSPS) is 12.7. The number of nitriles is 1. The number of pyridine rings is 2. The van der Waals surface area contributed by atoms with E-state index in [9.17, 15) is 18.4 Å². The number of nitrogens with zero attached hydrogens (tertiary/aromatic N) is 3. The van der Waals surface area contributed by atoms with E-state index in [0.717, 1.165) is 23.4 Å². The Morgan fingerprint density at radius 3 is 2.28 bits per heavy atom. The molecule has 0 aliphatic heterocycles. The van der Waals surface area contributed by atoms with Gasteiger partial charge in [0.25, 0.3) is 0 Å². The lowest BCUT2D eigenvalue weighted by Gasteiger charge is -2.27. The van der Waals surface area contributed by atoms with Gasteiger partial charge in [-0.05, 0) is 68.7 Å². The number of nitrogens with one attached hydrogen (secondary N) is 1. The number of rotatable bonds is 7. The zero-order valence-corrected chi connectivity index (χ0v) is 21.0. The van der Waals surface area contributed by atoms with Crippen LogP contribution < -0.4 is 5.32 Å². The van der Waals surface area contributed by atoms with E-state index < -0.39 is 11.7 Å². The van der Waals surface area contributed by atoms with E-state index in [4.69, 9.17) is 16.7 Å². The summed E-state index contributed by atoms with van der Waals surface area (Å²) in [4.78, 5) is 8.07. The van der Waals surface area contributed by atoms with Gasteiger partial charge in [-0.2, -0.15) is 18.4 Å². The topological polar surface area (TPSA) is 81.8 Å². The molecule has 1 aromatic carbocycles. The number of aliphatic hydroxyl groups excluding tert-OH is 1. The average molecular weight is 517 g/mol. The lowest BCUT2D eigenvalue weighted by Crippen LogP contribution is -2.32. The molecule has 3 aromatic rings. The third-order valence-corrected chi connectivity index (χ3v) is 5.34. The molecule has 0 aliphatic carbocycles. The van der Waals surface area contributed by atoms with Gasteiger partial charge in [0.05, 0.1) is 22.5 Å². The van der Waals surface area contributed by atoms with Crippen LogP contribution in [0.4, 0.5) is 13.2 Å². The van der Waals surface area contributed by atoms with Crippen LogP contribution in [0.25, 0.3) is 5.70 Å². The maximum absolute atomic E-state index is 12.8. The summed E-state index contributed by atoms with van der Waals surface area (Å²) >= 11 is 6.00. The van der Waals surface area contributed by atoms with Gasteiger partial charge in [0.2, 0.25) is 0 Å². The van der Waals surface area contributed by atoms with Crippen LogP contribution >= 0.6 is 11.6 Å². The van der Waals surface area contributed by atoms with Crippen LogP contribution in [0.1, 0.15) is 54.6 Å². The highest BCUT2D eigenvalue weighted by molar-refractivity contribution is 6.30. The second kappa shape index (κ2) is 13.1. The molecular formula is C27H28ClF3N4O. The molecule has 5 nitrogen and oxygen atoms in total. The first-order valence-electron chi connectivity index (χ1n) is 11.2. The van der Waals surface area contributed by atoms with Crippen LogP contribution in [0.15, 0.2) is 67.6 Å². The third-order valence-electron chi connectivity index (χ3n) is 5.09. The van der Waals surface area contributed by atoms with E-state index in [-0.39, 0.29) is 18.1 Å². The number of aromatic nitrogens is 2. The van der Waals surface area contributed by atoms with Gasteiger partial charge in [-0.15, -0.1) is 0 Å². The van der Waals surface area contributed by atoms with Crippen molar-refractivity contribution in [2.24, 2.45) is 0 Å². The maximum atomic E-state index is 12.8. The van der Waals surface area contributed by atoms with Crippen molar-refractivity contribution in [2.45, 2.75) is 51.4 Å². The van der Waals surface area contributed by atoms with E-state index in [1.54, 1.807) is 38.2 Å². The molecule has 2 atom stereocenters. The number of alkyl halides is 3. The van der Waals surface area contributed by atoms with Crippen molar-refractivity contribution in [3.8, 4) is 6.07 Å². The molecule has 190 valence electrons. The van der Waals surface area contributed by atoms with Gasteiger partial charge in [-0.3, -0.25) is 9.97 Å². The third kappa shape index (κ3) is 8.99. The van der Waals surface area contributed by atoms with Crippen LogP contribution in [0.2, 0.25) is 5.02 Å². The van der Waals surface area contributed by atoms with Gasteiger partial charge in [-0.25, -0.2) is 0 Å². The van der Waals surface area contributed by atoms with Crippen LogP contribution in [0.5, 0.6) is 0 Å². The zero-order chi connectivity index (χ0) is 26.9. The predicted molar refractivity (Wildman–Crippen MR) is 135 cm³/mol. The van der Waals surface area contributed by atoms with Crippen molar-refractivity contribution in [3.63, 3.8) is 0 Å².